The Morgan fingerprint density at radius 1 is 1.13 bits per heavy atom. The van der Waals surface area contributed by atoms with E-state index >= 15 is 13.2 Å². The molecule has 3 N–H and O–H groups in total. The maximum Gasteiger partial charge on any atom is 0.417 e. The molecule has 0 saturated carbocycles. The van der Waals surface area contributed by atoms with Gasteiger partial charge in [-0.15, -0.1) is 0 Å². The van der Waals surface area contributed by atoms with E-state index in [0.717, 1.165) is 38.4 Å². The first-order valence-electron chi connectivity index (χ1n) is 15.3. The number of nitriles is 1. The highest BCUT2D eigenvalue weighted by atomic mass is 19.4. The van der Waals surface area contributed by atoms with Gasteiger partial charge in [0.1, 0.15) is 36.0 Å². The summed E-state index contributed by atoms with van der Waals surface area (Å²) >= 11 is 0. The van der Waals surface area contributed by atoms with Gasteiger partial charge in [0.2, 0.25) is 0 Å². The minimum atomic E-state index is -5.07. The highest BCUT2D eigenvalue weighted by Crippen LogP contribution is 2.46. The van der Waals surface area contributed by atoms with Crippen LogP contribution in [0.1, 0.15) is 49.8 Å². The number of nitrogens with zero attached hydrogens (tertiary/aromatic N) is 5. The Bertz CT molecular complexity index is 1710. The molecule has 0 amide bonds. The number of alkyl halides is 4. The number of rotatable bonds is 6. The maximum absolute atomic E-state index is 16.7. The number of piperidine rings is 1. The monoisotopic (exact) mass is 647 g/mol. The van der Waals surface area contributed by atoms with E-state index in [1.807, 2.05) is 11.8 Å². The standard InChI is InChI=1S/C32H35F6N7O/c1-4-44-8-7-23(34)31(3,14-44)15-46-30-42-28-19(29(43-30)45-12-17-5-6-18(13-45)41-17)10-21(33)25(27(28)35)24-20(11-39)22(40)9-16(2)26(24)32(36,37)38/h9-10,17-18,23,41H,4-8,12-15,40H2,1-3H3/t17-,18+,23-,31+/m1/s1. The maximum atomic E-state index is 16.7. The molecule has 4 heterocycles. The van der Waals surface area contributed by atoms with E-state index in [0.29, 0.717) is 32.6 Å². The van der Waals surface area contributed by atoms with Crippen molar-refractivity contribution in [2.24, 2.45) is 5.41 Å². The average molecular weight is 648 g/mol. The number of fused-ring (bicyclic) bond motifs is 3. The van der Waals surface area contributed by atoms with Gasteiger partial charge in [0.15, 0.2) is 5.82 Å². The van der Waals surface area contributed by atoms with Gasteiger partial charge in [-0.3, -0.25) is 0 Å². The number of nitrogen functional groups attached to an aromatic ring is 1. The summed E-state index contributed by atoms with van der Waals surface area (Å²) in [5.74, 6) is -2.59. The van der Waals surface area contributed by atoms with Crippen molar-refractivity contribution in [1.29, 1.82) is 5.26 Å². The van der Waals surface area contributed by atoms with E-state index in [1.165, 1.54) is 0 Å². The molecule has 0 unspecified atom stereocenters. The summed E-state index contributed by atoms with van der Waals surface area (Å²) in [5.41, 5.74) is -0.436. The SMILES string of the molecule is CCN1CC[C@@H](F)[C@](C)(COc2nc(N3C[C@H]4CC[C@@H](C3)N4)c3cc(F)c(-c4c(C#N)c(N)cc(C)c4C(F)(F)F)c(F)c3n2)C1. The third-order valence-corrected chi connectivity index (χ3v) is 9.58. The van der Waals surface area contributed by atoms with Crippen LogP contribution >= 0.6 is 0 Å². The van der Waals surface area contributed by atoms with Gasteiger partial charge < -0.3 is 25.6 Å². The van der Waals surface area contributed by atoms with Crippen molar-refractivity contribution < 1.29 is 31.1 Å². The van der Waals surface area contributed by atoms with Crippen molar-refractivity contribution in [3.05, 3.63) is 40.5 Å². The second-order valence-corrected chi connectivity index (χ2v) is 12.9. The summed E-state index contributed by atoms with van der Waals surface area (Å²) in [4.78, 5) is 12.7. The molecule has 8 nitrogen and oxygen atoms in total. The fourth-order valence-electron chi connectivity index (χ4n) is 7.21. The number of likely N-dealkylation sites (tertiary alicyclic amines) is 1. The average Bonchev–Trinajstić information content (AvgIpc) is 3.33. The fourth-order valence-corrected chi connectivity index (χ4v) is 7.21. The number of nitrogens with two attached hydrogens (primary N) is 1. The van der Waals surface area contributed by atoms with Gasteiger partial charge in [-0.2, -0.15) is 28.4 Å². The predicted molar refractivity (Wildman–Crippen MR) is 161 cm³/mol. The Labute approximate surface area is 262 Å². The summed E-state index contributed by atoms with van der Waals surface area (Å²) in [6.45, 7) is 7.33. The summed E-state index contributed by atoms with van der Waals surface area (Å²) in [5, 5.41) is 13.2. The van der Waals surface area contributed by atoms with Crippen LogP contribution in [0.2, 0.25) is 0 Å². The van der Waals surface area contributed by atoms with E-state index in [9.17, 15) is 18.4 Å². The van der Waals surface area contributed by atoms with E-state index in [1.54, 1.807) is 13.0 Å². The van der Waals surface area contributed by atoms with Gasteiger partial charge in [0.05, 0.1) is 22.4 Å². The summed E-state index contributed by atoms with van der Waals surface area (Å²) < 4.78 is 97.0. The normalized spacial score (nSPS) is 25.2. The van der Waals surface area contributed by atoms with Gasteiger partial charge in [0, 0.05) is 54.6 Å². The molecule has 2 aromatic carbocycles. The lowest BCUT2D eigenvalue weighted by Gasteiger charge is -2.42. The number of benzene rings is 2. The molecule has 0 aliphatic carbocycles. The van der Waals surface area contributed by atoms with Gasteiger partial charge in [0.25, 0.3) is 0 Å². The molecule has 3 saturated heterocycles. The number of halogens is 6. The van der Waals surface area contributed by atoms with E-state index in [-0.39, 0.29) is 41.6 Å². The Balaban J connectivity index is 1.54. The smallest absolute Gasteiger partial charge is 0.417 e. The predicted octanol–water partition coefficient (Wildman–Crippen LogP) is 5.75. The van der Waals surface area contributed by atoms with Crippen molar-refractivity contribution in [3.63, 3.8) is 0 Å². The minimum absolute atomic E-state index is 0.0653. The quantitative estimate of drug-likeness (QED) is 0.258. The molecule has 3 aromatic rings. The molecule has 3 aliphatic heterocycles. The molecule has 2 bridgehead atoms. The number of aromatic nitrogens is 2. The second kappa shape index (κ2) is 11.8. The molecule has 0 radical (unpaired) electrons. The molecule has 0 spiro atoms. The Hall–Kier alpha value is -3.83. The van der Waals surface area contributed by atoms with Gasteiger partial charge in [-0.25, -0.2) is 13.2 Å². The van der Waals surface area contributed by atoms with Gasteiger partial charge in [-0.05, 0) is 50.4 Å². The largest absolute Gasteiger partial charge is 0.463 e. The van der Waals surface area contributed by atoms with Crippen molar-refractivity contribution in [2.75, 3.05) is 50.0 Å². The van der Waals surface area contributed by atoms with Crippen LogP contribution < -0.4 is 20.7 Å². The molecule has 14 heteroatoms. The van der Waals surface area contributed by atoms with Crippen molar-refractivity contribution in [3.8, 4) is 23.2 Å². The Morgan fingerprint density at radius 2 is 1.83 bits per heavy atom. The van der Waals surface area contributed by atoms with Crippen LogP contribution in [-0.4, -0.2) is 72.5 Å². The molecular weight excluding hydrogens is 612 g/mol. The first-order chi connectivity index (χ1) is 21.7. The van der Waals surface area contributed by atoms with Crippen LogP contribution in [-0.2, 0) is 6.18 Å². The molecule has 46 heavy (non-hydrogen) atoms. The number of anilines is 2. The van der Waals surface area contributed by atoms with Crippen LogP contribution in [0.25, 0.3) is 22.0 Å². The zero-order valence-corrected chi connectivity index (χ0v) is 25.7. The highest BCUT2D eigenvalue weighted by molar-refractivity contribution is 5.95. The number of hydrogen-bond acceptors (Lipinski definition) is 8. The number of nitrogens with one attached hydrogen (secondary N) is 1. The molecular formula is C32H35F6N7O. The fraction of sp³-hybridized carbons (Fsp3) is 0.531. The highest BCUT2D eigenvalue weighted by Gasteiger charge is 2.42. The Kier molecular flexibility index (Phi) is 8.21. The molecule has 4 atom stereocenters. The number of piperazine rings is 1. The van der Waals surface area contributed by atoms with Crippen LogP contribution in [0.5, 0.6) is 6.01 Å². The molecule has 3 aliphatic rings. The first-order valence-corrected chi connectivity index (χ1v) is 15.3. The summed E-state index contributed by atoms with van der Waals surface area (Å²) in [6, 6.07) is 3.36. The molecule has 246 valence electrons. The first kappa shape index (κ1) is 32.1. The van der Waals surface area contributed by atoms with E-state index in [2.05, 4.69) is 20.2 Å². The molecule has 1 aromatic heterocycles. The molecule has 6 rings (SSSR count). The topological polar surface area (TPSA) is 103 Å². The molecule has 3 fully saturated rings. The number of ether oxygens (including phenoxy) is 1. The van der Waals surface area contributed by atoms with Crippen molar-refractivity contribution in [2.45, 2.75) is 64.5 Å². The van der Waals surface area contributed by atoms with Gasteiger partial charge >= 0.3 is 12.2 Å². The third kappa shape index (κ3) is 5.57. The Morgan fingerprint density at radius 3 is 2.46 bits per heavy atom. The second-order valence-electron chi connectivity index (χ2n) is 12.9. The van der Waals surface area contributed by atoms with Crippen LogP contribution in [0.3, 0.4) is 0 Å². The lowest BCUT2D eigenvalue weighted by molar-refractivity contribution is -0.137. The van der Waals surface area contributed by atoms with Crippen LogP contribution in [0.15, 0.2) is 12.1 Å². The zero-order chi connectivity index (χ0) is 33.1. The number of hydrogen-bond donors (Lipinski definition) is 2. The number of aryl methyl sites for hydroxylation is 1. The van der Waals surface area contributed by atoms with Gasteiger partial charge in [-0.1, -0.05) is 13.8 Å². The van der Waals surface area contributed by atoms with Crippen LogP contribution in [0, 0.1) is 35.3 Å². The third-order valence-electron chi connectivity index (χ3n) is 9.58. The lowest BCUT2D eigenvalue weighted by Crippen LogP contribution is -2.51. The van der Waals surface area contributed by atoms with Crippen molar-refractivity contribution >= 4 is 22.4 Å². The zero-order valence-electron chi connectivity index (χ0n) is 25.7. The van der Waals surface area contributed by atoms with Crippen molar-refractivity contribution in [1.82, 2.24) is 20.2 Å². The lowest BCUT2D eigenvalue weighted by atomic mass is 9.81. The van der Waals surface area contributed by atoms with E-state index in [4.69, 9.17) is 10.5 Å². The minimum Gasteiger partial charge on any atom is -0.463 e. The van der Waals surface area contributed by atoms with E-state index < -0.39 is 62.7 Å². The van der Waals surface area contributed by atoms with Crippen LogP contribution in [0.4, 0.5) is 37.8 Å². The summed E-state index contributed by atoms with van der Waals surface area (Å²) in [7, 11) is 0. The summed E-state index contributed by atoms with van der Waals surface area (Å²) in [6.07, 6.45) is -4.15.